The highest BCUT2D eigenvalue weighted by Crippen LogP contribution is 2.43. The Hall–Kier alpha value is -8.21. The number of rotatable bonds is 10. The second kappa shape index (κ2) is 17.4. The van der Waals surface area contributed by atoms with E-state index in [2.05, 4.69) is 174 Å². The number of aromatic nitrogens is 3. The molecule has 0 amide bonds. The van der Waals surface area contributed by atoms with E-state index in [1.54, 1.807) is 7.11 Å². The molecule has 0 N–H and O–H groups in total. The van der Waals surface area contributed by atoms with Gasteiger partial charge in [-0.15, -0.1) is 0 Å². The van der Waals surface area contributed by atoms with Gasteiger partial charge in [0, 0.05) is 46.9 Å². The number of hydrogen-bond acceptors (Lipinski definition) is 4. The van der Waals surface area contributed by atoms with Gasteiger partial charge in [-0.3, -0.25) is 15.0 Å². The van der Waals surface area contributed by atoms with Crippen LogP contribution in [0.3, 0.4) is 0 Å². The molecule has 0 unspecified atom stereocenters. The van der Waals surface area contributed by atoms with Gasteiger partial charge in [-0.05, 0) is 116 Å². The zero-order valence-corrected chi connectivity index (χ0v) is 35.1. The summed E-state index contributed by atoms with van der Waals surface area (Å²) in [5, 5.41) is 0. The maximum absolute atomic E-state index is 5.61. The number of hydrogen-bond donors (Lipinski definition) is 0. The highest BCUT2D eigenvalue weighted by molar-refractivity contribution is 5.94. The SMILES string of the molecule is COc1cc(-c2ccc(-c3ccccc3-c3cc(-c4ccccc4-c4ccc(-c5ccccn5)cc4)cc(-c4ccccc4-c4ccc(-c5ccccn5)cc4)c3)cc2)ncc1C. The van der Waals surface area contributed by atoms with Crippen molar-refractivity contribution in [3.63, 3.8) is 0 Å². The Labute approximate surface area is 368 Å². The molecule has 0 saturated carbocycles. The normalized spacial score (nSPS) is 11.0. The van der Waals surface area contributed by atoms with Crippen LogP contribution in [0, 0.1) is 6.92 Å². The summed E-state index contributed by atoms with van der Waals surface area (Å²) in [4.78, 5) is 13.9. The van der Waals surface area contributed by atoms with Gasteiger partial charge in [0.2, 0.25) is 0 Å². The molecule has 3 aromatic heterocycles. The van der Waals surface area contributed by atoms with Gasteiger partial charge < -0.3 is 4.74 Å². The predicted molar refractivity (Wildman–Crippen MR) is 260 cm³/mol. The summed E-state index contributed by atoms with van der Waals surface area (Å²) < 4.78 is 5.61. The van der Waals surface area contributed by atoms with Gasteiger partial charge >= 0.3 is 0 Å². The molecule has 10 rings (SSSR count). The Morgan fingerprint density at radius 2 is 0.619 bits per heavy atom. The maximum Gasteiger partial charge on any atom is 0.125 e. The van der Waals surface area contributed by atoms with Crippen LogP contribution in [0.4, 0.5) is 0 Å². The van der Waals surface area contributed by atoms with Crippen LogP contribution in [0.5, 0.6) is 5.75 Å². The minimum Gasteiger partial charge on any atom is -0.496 e. The second-order valence-corrected chi connectivity index (χ2v) is 15.6. The van der Waals surface area contributed by atoms with E-state index in [4.69, 9.17) is 9.72 Å². The van der Waals surface area contributed by atoms with Crippen molar-refractivity contribution in [1.82, 2.24) is 15.0 Å². The van der Waals surface area contributed by atoms with Crippen LogP contribution in [0.15, 0.2) is 225 Å². The van der Waals surface area contributed by atoms with E-state index in [0.717, 1.165) is 112 Å². The molecule has 0 radical (unpaired) electrons. The first kappa shape index (κ1) is 39.0. The van der Waals surface area contributed by atoms with Crippen LogP contribution in [0.1, 0.15) is 5.56 Å². The first-order chi connectivity index (χ1) is 31.1. The molecule has 10 aromatic rings. The predicted octanol–water partition coefficient (Wildman–Crippen LogP) is 15.2. The number of methoxy groups -OCH3 is 1. The van der Waals surface area contributed by atoms with Gasteiger partial charge in [0.15, 0.2) is 0 Å². The number of ether oxygens (including phenoxy) is 1. The van der Waals surface area contributed by atoms with Crippen LogP contribution >= 0.6 is 0 Å². The molecule has 0 atom stereocenters. The van der Waals surface area contributed by atoms with Crippen molar-refractivity contribution in [2.75, 3.05) is 7.11 Å². The summed E-state index contributed by atoms with van der Waals surface area (Å²) in [6, 6.07) is 73.5. The number of benzene rings is 7. The summed E-state index contributed by atoms with van der Waals surface area (Å²) in [6.07, 6.45) is 5.55. The molecule has 0 aliphatic heterocycles. The van der Waals surface area contributed by atoms with Crippen molar-refractivity contribution in [3.05, 3.63) is 230 Å². The zero-order valence-electron chi connectivity index (χ0n) is 35.1. The van der Waals surface area contributed by atoms with Crippen LogP contribution in [0.2, 0.25) is 0 Å². The molecule has 63 heavy (non-hydrogen) atoms. The molecule has 4 heteroatoms. The molecule has 4 nitrogen and oxygen atoms in total. The summed E-state index contributed by atoms with van der Waals surface area (Å²) in [6.45, 7) is 2.01. The quantitative estimate of drug-likeness (QED) is 0.138. The van der Waals surface area contributed by atoms with E-state index >= 15 is 0 Å². The Morgan fingerprint density at radius 1 is 0.302 bits per heavy atom. The molecule has 3 heterocycles. The van der Waals surface area contributed by atoms with E-state index in [0.29, 0.717) is 0 Å². The lowest BCUT2D eigenvalue weighted by Gasteiger charge is -2.18. The number of aryl methyl sites for hydroxylation is 1. The fraction of sp³-hybridized carbons (Fsp3) is 0.0339. The van der Waals surface area contributed by atoms with Gasteiger partial charge in [0.25, 0.3) is 0 Å². The highest BCUT2D eigenvalue weighted by atomic mass is 16.5. The third-order valence-corrected chi connectivity index (χ3v) is 11.7. The molecular formula is C59H43N3O. The third-order valence-electron chi connectivity index (χ3n) is 11.7. The monoisotopic (exact) mass is 809 g/mol. The Balaban J connectivity index is 1.11. The third kappa shape index (κ3) is 8.06. The molecule has 0 aliphatic rings. The minimum atomic E-state index is 0.830. The summed E-state index contributed by atoms with van der Waals surface area (Å²) in [7, 11) is 1.70. The fourth-order valence-electron chi connectivity index (χ4n) is 8.47. The largest absolute Gasteiger partial charge is 0.496 e. The average molecular weight is 810 g/mol. The lowest BCUT2D eigenvalue weighted by molar-refractivity contribution is 0.411. The Bertz CT molecular complexity index is 3030. The summed E-state index contributed by atoms with van der Waals surface area (Å²) in [5.41, 5.74) is 20.8. The molecule has 300 valence electrons. The van der Waals surface area contributed by atoms with Crippen molar-refractivity contribution in [1.29, 1.82) is 0 Å². The van der Waals surface area contributed by atoms with Crippen LogP contribution < -0.4 is 4.74 Å². The van der Waals surface area contributed by atoms with E-state index in [9.17, 15) is 0 Å². The topological polar surface area (TPSA) is 47.9 Å². The molecule has 0 spiro atoms. The van der Waals surface area contributed by atoms with Gasteiger partial charge in [-0.2, -0.15) is 0 Å². The second-order valence-electron chi connectivity index (χ2n) is 15.6. The van der Waals surface area contributed by atoms with Gasteiger partial charge in [0.05, 0.1) is 24.2 Å². The number of nitrogens with zero attached hydrogens (tertiary/aromatic N) is 3. The van der Waals surface area contributed by atoms with Crippen molar-refractivity contribution >= 4 is 0 Å². The lowest BCUT2D eigenvalue weighted by Crippen LogP contribution is -1.93. The molecular weight excluding hydrogens is 767 g/mol. The number of pyridine rings is 3. The average Bonchev–Trinajstić information content (AvgIpc) is 3.37. The van der Waals surface area contributed by atoms with Gasteiger partial charge in [-0.25, -0.2) is 0 Å². The minimum absolute atomic E-state index is 0.830. The lowest BCUT2D eigenvalue weighted by atomic mass is 9.86. The van der Waals surface area contributed by atoms with Crippen LogP contribution in [-0.2, 0) is 0 Å². The van der Waals surface area contributed by atoms with Crippen molar-refractivity contribution < 1.29 is 4.74 Å². The van der Waals surface area contributed by atoms with Crippen molar-refractivity contribution in [2.24, 2.45) is 0 Å². The Kier molecular flexibility index (Phi) is 10.8. The van der Waals surface area contributed by atoms with Crippen molar-refractivity contribution in [3.8, 4) is 106 Å². The first-order valence-corrected chi connectivity index (χ1v) is 21.2. The molecule has 0 fully saturated rings. The zero-order chi connectivity index (χ0) is 42.5. The Morgan fingerprint density at radius 3 is 0.952 bits per heavy atom. The fourth-order valence-corrected chi connectivity index (χ4v) is 8.47. The first-order valence-electron chi connectivity index (χ1n) is 21.2. The summed E-state index contributed by atoms with van der Waals surface area (Å²) in [5.74, 6) is 0.830. The van der Waals surface area contributed by atoms with Crippen molar-refractivity contribution in [2.45, 2.75) is 6.92 Å². The van der Waals surface area contributed by atoms with E-state index in [-0.39, 0.29) is 0 Å². The molecule has 7 aromatic carbocycles. The molecule has 0 aliphatic carbocycles. The standard InChI is InChI=1S/C59H43N3O/c1-40-39-62-58(38-59(40)63-2)46-31-25-43(26-32-46)52-15-5-8-18-55(52)49-36-47(53-16-6-3-13-50(53)41-21-27-44(28-22-41)56-19-9-11-33-60-56)35-48(37-49)54-17-7-4-14-51(54)42-23-29-45(30-24-42)57-20-10-12-34-61-57/h3-39H,1-2H3. The molecule has 0 bridgehead atoms. The van der Waals surface area contributed by atoms with E-state index in [1.165, 1.54) is 0 Å². The summed E-state index contributed by atoms with van der Waals surface area (Å²) >= 11 is 0. The van der Waals surface area contributed by atoms with E-state index < -0.39 is 0 Å². The van der Waals surface area contributed by atoms with Gasteiger partial charge in [0.1, 0.15) is 5.75 Å². The van der Waals surface area contributed by atoms with Crippen LogP contribution in [0.25, 0.3) is 101 Å². The van der Waals surface area contributed by atoms with Gasteiger partial charge in [-0.1, -0.05) is 158 Å². The smallest absolute Gasteiger partial charge is 0.125 e. The maximum atomic E-state index is 5.61. The van der Waals surface area contributed by atoms with E-state index in [1.807, 2.05) is 68.0 Å². The highest BCUT2D eigenvalue weighted by Gasteiger charge is 2.17. The van der Waals surface area contributed by atoms with Crippen LogP contribution in [-0.4, -0.2) is 22.1 Å². The molecule has 0 saturated heterocycles.